The molecule has 1 aromatic carbocycles. The average Bonchev–Trinajstić information content (AvgIpc) is 2.89. The Morgan fingerprint density at radius 1 is 1.18 bits per heavy atom. The molecule has 0 amide bonds. The van der Waals surface area contributed by atoms with Crippen molar-refractivity contribution in [3.05, 3.63) is 35.7 Å². The summed E-state index contributed by atoms with van der Waals surface area (Å²) in [6, 6.07) is 7.79. The molecule has 0 aliphatic heterocycles. The second-order valence-corrected chi connectivity index (χ2v) is 6.90. The number of hydrogen-bond acceptors (Lipinski definition) is 4. The van der Waals surface area contributed by atoms with E-state index in [1.807, 2.05) is 24.3 Å². The summed E-state index contributed by atoms with van der Waals surface area (Å²) < 4.78 is 7.49. The Morgan fingerprint density at radius 2 is 1.82 bits per heavy atom. The van der Waals surface area contributed by atoms with Crippen LogP contribution in [0.15, 0.2) is 24.3 Å². The van der Waals surface area contributed by atoms with Crippen molar-refractivity contribution < 1.29 is 9.84 Å². The van der Waals surface area contributed by atoms with E-state index in [0.717, 1.165) is 17.1 Å². The lowest BCUT2D eigenvalue weighted by Crippen LogP contribution is -2.19. The van der Waals surface area contributed by atoms with Gasteiger partial charge in [-0.15, -0.1) is 5.10 Å². The third kappa shape index (κ3) is 3.65. The average molecular weight is 303 g/mol. The largest absolute Gasteiger partial charge is 0.493 e. The van der Waals surface area contributed by atoms with Gasteiger partial charge < -0.3 is 9.84 Å². The molecule has 1 N–H and O–H groups in total. The van der Waals surface area contributed by atoms with Crippen molar-refractivity contribution in [3.8, 4) is 11.4 Å². The Hall–Kier alpha value is -1.88. The van der Waals surface area contributed by atoms with Gasteiger partial charge in [-0.3, -0.25) is 0 Å². The fourth-order valence-electron chi connectivity index (χ4n) is 2.30. The molecule has 0 radical (unpaired) electrons. The molecule has 0 aliphatic rings. The van der Waals surface area contributed by atoms with Gasteiger partial charge in [-0.25, -0.2) is 4.68 Å². The van der Waals surface area contributed by atoms with Crippen molar-refractivity contribution in [2.75, 3.05) is 6.61 Å². The summed E-state index contributed by atoms with van der Waals surface area (Å²) in [7, 11) is 0. The maximum atomic E-state index is 9.47. The number of nitrogens with zero attached hydrogens (tertiary/aromatic N) is 3. The topological polar surface area (TPSA) is 60.2 Å². The number of hydrogen-bond donors (Lipinski definition) is 1. The van der Waals surface area contributed by atoms with Crippen LogP contribution in [0.4, 0.5) is 0 Å². The van der Waals surface area contributed by atoms with E-state index < -0.39 is 0 Å². The molecule has 1 aromatic heterocycles. The van der Waals surface area contributed by atoms with Gasteiger partial charge in [0.2, 0.25) is 0 Å². The van der Waals surface area contributed by atoms with E-state index in [2.05, 4.69) is 44.9 Å². The first-order chi connectivity index (χ1) is 10.3. The minimum atomic E-state index is -0.158. The summed E-state index contributed by atoms with van der Waals surface area (Å²) in [4.78, 5) is 0. The second kappa shape index (κ2) is 6.48. The molecule has 0 atom stereocenters. The molecule has 120 valence electrons. The van der Waals surface area contributed by atoms with Crippen molar-refractivity contribution >= 4 is 0 Å². The van der Waals surface area contributed by atoms with Gasteiger partial charge in [0, 0.05) is 5.41 Å². The van der Waals surface area contributed by atoms with Gasteiger partial charge in [-0.2, -0.15) is 0 Å². The molecule has 1 heterocycles. The fraction of sp³-hybridized carbons (Fsp3) is 0.529. The quantitative estimate of drug-likeness (QED) is 0.922. The highest BCUT2D eigenvalue weighted by atomic mass is 16.5. The highest BCUT2D eigenvalue weighted by Crippen LogP contribution is 2.27. The predicted octanol–water partition coefficient (Wildman–Crippen LogP) is 3.09. The fourth-order valence-corrected chi connectivity index (χ4v) is 2.30. The first kappa shape index (κ1) is 16.5. The smallest absolute Gasteiger partial charge is 0.119 e. The Labute approximate surface area is 131 Å². The van der Waals surface area contributed by atoms with Crippen molar-refractivity contribution in [1.29, 1.82) is 0 Å². The van der Waals surface area contributed by atoms with Gasteiger partial charge in [-0.05, 0) is 30.2 Å². The summed E-state index contributed by atoms with van der Waals surface area (Å²) in [6.45, 7) is 11.1. The standard InChI is InChI=1S/C17H25N3O2/c1-12(2)11-22-14-8-6-13(7-9-14)20-16(17(3,4)5)15(10-21)18-19-20/h6-9,12,21H,10-11H2,1-5H3. The van der Waals surface area contributed by atoms with E-state index in [4.69, 9.17) is 4.74 Å². The lowest BCUT2D eigenvalue weighted by Gasteiger charge is -2.21. The van der Waals surface area contributed by atoms with Gasteiger partial charge in [0.15, 0.2) is 0 Å². The Morgan fingerprint density at radius 3 is 2.32 bits per heavy atom. The highest BCUT2D eigenvalue weighted by molar-refractivity contribution is 5.39. The first-order valence-corrected chi connectivity index (χ1v) is 7.62. The molecule has 5 heteroatoms. The van der Waals surface area contributed by atoms with Crippen molar-refractivity contribution in [1.82, 2.24) is 15.0 Å². The molecular formula is C17H25N3O2. The van der Waals surface area contributed by atoms with E-state index in [9.17, 15) is 5.11 Å². The number of rotatable bonds is 5. The van der Waals surface area contributed by atoms with Gasteiger partial charge in [0.25, 0.3) is 0 Å². The molecule has 0 bridgehead atoms. The monoisotopic (exact) mass is 303 g/mol. The van der Waals surface area contributed by atoms with E-state index in [0.29, 0.717) is 18.2 Å². The normalized spacial score (nSPS) is 12.0. The number of aliphatic hydroxyl groups excluding tert-OH is 1. The molecule has 0 unspecified atom stereocenters. The first-order valence-electron chi connectivity index (χ1n) is 7.62. The summed E-state index contributed by atoms with van der Waals surface area (Å²) >= 11 is 0. The predicted molar refractivity (Wildman–Crippen MR) is 86.3 cm³/mol. The zero-order valence-corrected chi connectivity index (χ0v) is 14.0. The van der Waals surface area contributed by atoms with Crippen molar-refractivity contribution in [2.24, 2.45) is 5.92 Å². The van der Waals surface area contributed by atoms with Crippen molar-refractivity contribution in [2.45, 2.75) is 46.6 Å². The highest BCUT2D eigenvalue weighted by Gasteiger charge is 2.25. The lowest BCUT2D eigenvalue weighted by atomic mass is 9.90. The third-order valence-corrected chi connectivity index (χ3v) is 3.26. The second-order valence-electron chi connectivity index (χ2n) is 6.90. The molecule has 0 fully saturated rings. The molecular weight excluding hydrogens is 278 g/mol. The SMILES string of the molecule is CC(C)COc1ccc(-n2nnc(CO)c2C(C)(C)C)cc1. The molecule has 2 rings (SSSR count). The molecule has 5 nitrogen and oxygen atoms in total. The third-order valence-electron chi connectivity index (χ3n) is 3.26. The van der Waals surface area contributed by atoms with Crippen LogP contribution in [0, 0.1) is 5.92 Å². The zero-order valence-electron chi connectivity index (χ0n) is 14.0. The molecule has 0 spiro atoms. The number of aliphatic hydroxyl groups is 1. The minimum Gasteiger partial charge on any atom is -0.493 e. The van der Waals surface area contributed by atoms with Gasteiger partial charge in [0.05, 0.1) is 24.6 Å². The number of ether oxygens (including phenoxy) is 1. The lowest BCUT2D eigenvalue weighted by molar-refractivity contribution is 0.271. The number of aromatic nitrogens is 3. The Kier molecular flexibility index (Phi) is 4.86. The van der Waals surface area contributed by atoms with Gasteiger partial charge in [0.1, 0.15) is 11.4 Å². The van der Waals surface area contributed by atoms with Crippen LogP contribution in [-0.4, -0.2) is 26.7 Å². The summed E-state index contributed by atoms with van der Waals surface area (Å²) in [5.74, 6) is 1.34. The molecule has 0 saturated heterocycles. The van der Waals surface area contributed by atoms with Crippen LogP contribution in [0.5, 0.6) is 5.75 Å². The summed E-state index contributed by atoms with van der Waals surface area (Å²) in [5, 5.41) is 17.8. The Bertz CT molecular complexity index is 610. The molecule has 2 aromatic rings. The van der Waals surface area contributed by atoms with E-state index >= 15 is 0 Å². The van der Waals surface area contributed by atoms with Crippen LogP contribution in [0.1, 0.15) is 46.0 Å². The molecule has 0 saturated carbocycles. The van der Waals surface area contributed by atoms with Crippen molar-refractivity contribution in [3.63, 3.8) is 0 Å². The van der Waals surface area contributed by atoms with Crippen LogP contribution >= 0.6 is 0 Å². The zero-order chi connectivity index (χ0) is 16.3. The van der Waals surface area contributed by atoms with Crippen LogP contribution < -0.4 is 4.74 Å². The molecule has 22 heavy (non-hydrogen) atoms. The summed E-state index contributed by atoms with van der Waals surface area (Å²) in [5.41, 5.74) is 2.29. The summed E-state index contributed by atoms with van der Waals surface area (Å²) in [6.07, 6.45) is 0. The van der Waals surface area contributed by atoms with Gasteiger partial charge >= 0.3 is 0 Å². The van der Waals surface area contributed by atoms with E-state index in [1.54, 1.807) is 4.68 Å². The van der Waals surface area contributed by atoms with E-state index in [-0.39, 0.29) is 12.0 Å². The van der Waals surface area contributed by atoms with Crippen LogP contribution in [0.3, 0.4) is 0 Å². The maximum Gasteiger partial charge on any atom is 0.119 e. The Balaban J connectivity index is 2.31. The maximum absolute atomic E-state index is 9.47. The number of benzene rings is 1. The van der Waals surface area contributed by atoms with Gasteiger partial charge in [-0.1, -0.05) is 39.8 Å². The van der Waals surface area contributed by atoms with Crippen LogP contribution in [0.25, 0.3) is 5.69 Å². The van der Waals surface area contributed by atoms with E-state index in [1.165, 1.54) is 0 Å². The molecule has 0 aliphatic carbocycles. The van der Waals surface area contributed by atoms with Crippen LogP contribution in [-0.2, 0) is 12.0 Å². The minimum absolute atomic E-state index is 0.109. The van der Waals surface area contributed by atoms with Crippen LogP contribution in [0.2, 0.25) is 0 Å².